The number of para-hydroxylation sites is 1. The van der Waals surface area contributed by atoms with Crippen molar-refractivity contribution < 1.29 is 4.79 Å². The van der Waals surface area contributed by atoms with Crippen LogP contribution in [0, 0.1) is 20.8 Å². The quantitative estimate of drug-likeness (QED) is 0.624. The highest BCUT2D eigenvalue weighted by Crippen LogP contribution is 2.31. The first kappa shape index (κ1) is 19.3. The number of hydrogen-bond donors (Lipinski definition) is 0. The van der Waals surface area contributed by atoms with Gasteiger partial charge in [0.25, 0.3) is 0 Å². The predicted octanol–water partition coefficient (Wildman–Crippen LogP) is 2.79. The average Bonchev–Trinajstić information content (AvgIpc) is 3.07. The van der Waals surface area contributed by atoms with E-state index in [1.165, 1.54) is 5.69 Å². The smallest absolute Gasteiger partial charge is 0.160 e. The highest BCUT2D eigenvalue weighted by molar-refractivity contribution is 5.78. The van der Waals surface area contributed by atoms with E-state index in [1.807, 2.05) is 50.0 Å². The number of carbonyl (C=O) groups is 1. The fourth-order valence-electron chi connectivity index (χ4n) is 3.96. The standard InChI is InChI=1S/C22H26N6O/c1-16-12-17(2)28(25-16)22(15-29)27-10-8-26(9-11-27)21-7-5-4-6-20(21)19-13-23-18(3)24-14-19/h4-7,12-15,22H,8-11H2,1-3H3. The molecule has 0 spiro atoms. The van der Waals surface area contributed by atoms with Crippen molar-refractivity contribution in [1.29, 1.82) is 0 Å². The zero-order chi connectivity index (χ0) is 20.4. The van der Waals surface area contributed by atoms with Crippen molar-refractivity contribution >= 4 is 12.0 Å². The molecule has 0 bridgehead atoms. The lowest BCUT2D eigenvalue weighted by Gasteiger charge is -2.39. The van der Waals surface area contributed by atoms with Gasteiger partial charge in [-0.3, -0.25) is 9.69 Å². The van der Waals surface area contributed by atoms with Crippen LogP contribution in [0.3, 0.4) is 0 Å². The summed E-state index contributed by atoms with van der Waals surface area (Å²) in [6, 6.07) is 10.4. The molecule has 29 heavy (non-hydrogen) atoms. The van der Waals surface area contributed by atoms with E-state index in [0.717, 1.165) is 60.8 Å². The number of hydrogen-bond acceptors (Lipinski definition) is 6. The summed E-state index contributed by atoms with van der Waals surface area (Å²) in [5.41, 5.74) is 5.26. The van der Waals surface area contributed by atoms with Gasteiger partial charge in [-0.05, 0) is 32.9 Å². The van der Waals surface area contributed by atoms with Crippen molar-refractivity contribution in [2.45, 2.75) is 26.9 Å². The van der Waals surface area contributed by atoms with Crippen LogP contribution in [0.25, 0.3) is 11.1 Å². The minimum atomic E-state index is -0.355. The van der Waals surface area contributed by atoms with Crippen molar-refractivity contribution in [3.63, 3.8) is 0 Å². The fraction of sp³-hybridized carbons (Fsp3) is 0.364. The van der Waals surface area contributed by atoms with Crippen LogP contribution in [0.2, 0.25) is 0 Å². The lowest BCUT2D eigenvalue weighted by Crippen LogP contribution is -2.49. The lowest BCUT2D eigenvalue weighted by molar-refractivity contribution is -0.116. The van der Waals surface area contributed by atoms with Gasteiger partial charge in [0.2, 0.25) is 0 Å². The van der Waals surface area contributed by atoms with E-state index in [0.29, 0.717) is 0 Å². The monoisotopic (exact) mass is 390 g/mol. The molecule has 0 aliphatic carbocycles. The van der Waals surface area contributed by atoms with Crippen LogP contribution in [0.1, 0.15) is 23.4 Å². The Morgan fingerprint density at radius 1 is 1.00 bits per heavy atom. The van der Waals surface area contributed by atoms with Gasteiger partial charge in [-0.25, -0.2) is 14.6 Å². The van der Waals surface area contributed by atoms with Crippen LogP contribution < -0.4 is 4.90 Å². The van der Waals surface area contributed by atoms with Crippen LogP contribution in [-0.2, 0) is 4.79 Å². The topological polar surface area (TPSA) is 67.2 Å². The summed E-state index contributed by atoms with van der Waals surface area (Å²) in [6.07, 6.45) is 4.39. The fourth-order valence-corrected chi connectivity index (χ4v) is 3.96. The SMILES string of the molecule is Cc1cc(C)n(C(C=O)N2CCN(c3ccccc3-c3cnc(C)nc3)CC2)n1. The second kappa shape index (κ2) is 8.13. The Bertz CT molecular complexity index is 989. The molecule has 1 unspecified atom stereocenters. The highest BCUT2D eigenvalue weighted by atomic mass is 16.1. The number of piperazine rings is 1. The first-order valence-corrected chi connectivity index (χ1v) is 9.92. The van der Waals surface area contributed by atoms with Crippen molar-refractivity contribution in [2.75, 3.05) is 31.1 Å². The zero-order valence-electron chi connectivity index (χ0n) is 17.1. The Morgan fingerprint density at radius 3 is 2.31 bits per heavy atom. The first-order chi connectivity index (χ1) is 14.1. The number of anilines is 1. The van der Waals surface area contributed by atoms with Gasteiger partial charge >= 0.3 is 0 Å². The summed E-state index contributed by atoms with van der Waals surface area (Å²) in [7, 11) is 0. The predicted molar refractivity (Wildman–Crippen MR) is 113 cm³/mol. The van der Waals surface area contributed by atoms with E-state index < -0.39 is 0 Å². The Labute approximate surface area is 171 Å². The minimum Gasteiger partial charge on any atom is -0.368 e. The normalized spacial score (nSPS) is 16.0. The summed E-state index contributed by atoms with van der Waals surface area (Å²) >= 11 is 0. The van der Waals surface area contributed by atoms with Crippen molar-refractivity contribution in [3.8, 4) is 11.1 Å². The maximum atomic E-state index is 11.9. The molecule has 0 saturated carbocycles. The summed E-state index contributed by atoms with van der Waals surface area (Å²) in [5, 5.41) is 4.51. The van der Waals surface area contributed by atoms with Gasteiger partial charge in [0.1, 0.15) is 5.82 Å². The van der Waals surface area contributed by atoms with Gasteiger partial charge in [-0.2, -0.15) is 5.10 Å². The van der Waals surface area contributed by atoms with Gasteiger partial charge in [0.05, 0.1) is 5.69 Å². The van der Waals surface area contributed by atoms with Crippen LogP contribution in [0.4, 0.5) is 5.69 Å². The average molecular weight is 390 g/mol. The van der Waals surface area contributed by atoms with Crippen LogP contribution in [0.5, 0.6) is 0 Å². The maximum absolute atomic E-state index is 11.9. The molecule has 7 heteroatoms. The molecule has 1 atom stereocenters. The number of nitrogens with zero attached hydrogens (tertiary/aromatic N) is 6. The molecular weight excluding hydrogens is 364 g/mol. The van der Waals surface area contributed by atoms with Crippen LogP contribution in [0.15, 0.2) is 42.7 Å². The number of carbonyl (C=O) groups excluding carboxylic acids is 1. The van der Waals surface area contributed by atoms with E-state index in [-0.39, 0.29) is 6.17 Å². The summed E-state index contributed by atoms with van der Waals surface area (Å²) < 4.78 is 1.83. The molecule has 3 heterocycles. The van der Waals surface area contributed by atoms with E-state index in [4.69, 9.17) is 0 Å². The van der Waals surface area contributed by atoms with Gasteiger partial charge in [0.15, 0.2) is 12.5 Å². The van der Waals surface area contributed by atoms with Gasteiger partial charge in [-0.1, -0.05) is 18.2 Å². The number of aldehydes is 1. The molecular formula is C22H26N6O. The Balaban J connectivity index is 1.52. The Kier molecular flexibility index (Phi) is 5.40. The summed E-state index contributed by atoms with van der Waals surface area (Å²) in [5.74, 6) is 0.768. The van der Waals surface area contributed by atoms with Gasteiger partial charge in [0, 0.05) is 61.1 Å². The lowest BCUT2D eigenvalue weighted by atomic mass is 10.1. The zero-order valence-corrected chi connectivity index (χ0v) is 17.1. The number of aryl methyl sites for hydroxylation is 3. The number of aromatic nitrogens is 4. The van der Waals surface area contributed by atoms with Crippen molar-refractivity contribution in [2.24, 2.45) is 0 Å². The summed E-state index contributed by atoms with van der Waals surface area (Å²) in [6.45, 7) is 9.10. The largest absolute Gasteiger partial charge is 0.368 e. The molecule has 1 fully saturated rings. The second-order valence-corrected chi connectivity index (χ2v) is 7.48. The molecule has 0 N–H and O–H groups in total. The molecule has 0 radical (unpaired) electrons. The third-order valence-corrected chi connectivity index (χ3v) is 5.44. The summed E-state index contributed by atoms with van der Waals surface area (Å²) in [4.78, 5) is 25.1. The maximum Gasteiger partial charge on any atom is 0.160 e. The molecule has 2 aromatic heterocycles. The second-order valence-electron chi connectivity index (χ2n) is 7.48. The first-order valence-electron chi connectivity index (χ1n) is 9.92. The molecule has 1 aliphatic heterocycles. The van der Waals surface area contributed by atoms with E-state index >= 15 is 0 Å². The third-order valence-electron chi connectivity index (χ3n) is 5.44. The highest BCUT2D eigenvalue weighted by Gasteiger charge is 2.27. The molecule has 150 valence electrons. The molecule has 3 aromatic rings. The molecule has 4 rings (SSSR count). The van der Waals surface area contributed by atoms with Gasteiger partial charge < -0.3 is 4.90 Å². The molecule has 1 saturated heterocycles. The van der Waals surface area contributed by atoms with Gasteiger partial charge in [-0.15, -0.1) is 0 Å². The van der Waals surface area contributed by atoms with E-state index in [9.17, 15) is 4.79 Å². The molecule has 1 aliphatic rings. The molecule has 7 nitrogen and oxygen atoms in total. The van der Waals surface area contributed by atoms with Crippen molar-refractivity contribution in [1.82, 2.24) is 24.6 Å². The molecule has 1 aromatic carbocycles. The van der Waals surface area contributed by atoms with Crippen LogP contribution in [-0.4, -0.2) is 57.1 Å². The third kappa shape index (κ3) is 3.91. The van der Waals surface area contributed by atoms with E-state index in [1.54, 1.807) is 0 Å². The van der Waals surface area contributed by atoms with Crippen LogP contribution >= 0.6 is 0 Å². The Hall–Kier alpha value is -3.06. The van der Waals surface area contributed by atoms with Crippen molar-refractivity contribution in [3.05, 3.63) is 59.9 Å². The molecule has 0 amide bonds. The Morgan fingerprint density at radius 2 is 1.69 bits per heavy atom. The number of rotatable bonds is 5. The number of benzene rings is 1. The van der Waals surface area contributed by atoms with E-state index in [2.05, 4.69) is 43.1 Å². The minimum absolute atomic E-state index is 0.355.